The van der Waals surface area contributed by atoms with Gasteiger partial charge in [0.15, 0.2) is 0 Å². The molecule has 0 bridgehead atoms. The third-order valence-electron chi connectivity index (χ3n) is 6.07. The monoisotopic (exact) mass is 371 g/mol. The number of fused-ring (bicyclic) bond motifs is 2. The fourth-order valence-electron chi connectivity index (χ4n) is 4.49. The number of hydrogen-bond acceptors (Lipinski definition) is 2. The Kier molecular flexibility index (Phi) is 4.55. The van der Waals surface area contributed by atoms with Gasteiger partial charge in [0.1, 0.15) is 11.7 Å². The van der Waals surface area contributed by atoms with Crippen molar-refractivity contribution in [2.45, 2.75) is 64.1 Å². The van der Waals surface area contributed by atoms with Crippen molar-refractivity contribution in [3.8, 4) is 0 Å². The van der Waals surface area contributed by atoms with Gasteiger partial charge in [0.05, 0.1) is 0 Å². The summed E-state index contributed by atoms with van der Waals surface area (Å²) in [5.74, 6) is 1.10. The highest BCUT2D eigenvalue weighted by Gasteiger charge is 2.31. The fourth-order valence-corrected chi connectivity index (χ4v) is 4.64. The number of nitrogens with zero attached hydrogens (tertiary/aromatic N) is 3. The summed E-state index contributed by atoms with van der Waals surface area (Å²) >= 11 is 5.93. The summed E-state index contributed by atoms with van der Waals surface area (Å²) in [5, 5.41) is 0. The van der Waals surface area contributed by atoms with Gasteiger partial charge >= 0.3 is 0 Å². The molecule has 1 atom stereocenters. The molecule has 1 unspecified atom stereocenters. The van der Waals surface area contributed by atoms with Crippen LogP contribution in [0.5, 0.6) is 0 Å². The van der Waals surface area contributed by atoms with Crippen LogP contribution in [0.2, 0.25) is 0 Å². The van der Waals surface area contributed by atoms with Gasteiger partial charge in [-0.25, -0.2) is 4.98 Å². The molecule has 0 saturated heterocycles. The van der Waals surface area contributed by atoms with Crippen LogP contribution in [0, 0.1) is 0 Å². The minimum Gasteiger partial charge on any atom is -0.335 e. The van der Waals surface area contributed by atoms with Crippen LogP contribution >= 0.6 is 11.6 Å². The molecule has 26 heavy (non-hydrogen) atoms. The maximum absolute atomic E-state index is 12.6. The van der Waals surface area contributed by atoms with Crippen molar-refractivity contribution >= 4 is 17.5 Å². The molecule has 0 N–H and O–H groups in total. The van der Waals surface area contributed by atoms with Crippen molar-refractivity contribution < 1.29 is 4.79 Å². The Morgan fingerprint density at radius 3 is 3.08 bits per heavy atom. The maximum atomic E-state index is 12.6. The third kappa shape index (κ3) is 3.16. The molecule has 1 aromatic carbocycles. The largest absolute Gasteiger partial charge is 0.335 e. The number of aryl methyl sites for hydroxylation is 2. The normalized spacial score (nSPS) is 20.5. The summed E-state index contributed by atoms with van der Waals surface area (Å²) in [5.41, 5.74) is 4.36. The van der Waals surface area contributed by atoms with Crippen molar-refractivity contribution in [1.82, 2.24) is 14.5 Å². The molecule has 0 spiro atoms. The fraction of sp³-hybridized carbons (Fsp3) is 0.524. The van der Waals surface area contributed by atoms with Gasteiger partial charge in [0.2, 0.25) is 5.91 Å². The van der Waals surface area contributed by atoms with Gasteiger partial charge in [0, 0.05) is 37.9 Å². The van der Waals surface area contributed by atoms with Gasteiger partial charge < -0.3 is 9.47 Å². The molecule has 2 aliphatic rings. The van der Waals surface area contributed by atoms with E-state index in [-0.39, 0.29) is 23.2 Å². The number of hydrogen-bond donors (Lipinski definition) is 0. The number of carbonyl (C=O) groups excluding carboxylic acids is 1. The molecule has 4 rings (SSSR count). The van der Waals surface area contributed by atoms with E-state index in [4.69, 9.17) is 11.6 Å². The van der Waals surface area contributed by atoms with Gasteiger partial charge in [-0.15, -0.1) is 11.6 Å². The first-order valence-corrected chi connectivity index (χ1v) is 9.99. The van der Waals surface area contributed by atoms with Crippen LogP contribution in [0.25, 0.3) is 0 Å². The predicted molar refractivity (Wildman–Crippen MR) is 103 cm³/mol. The molecule has 5 heteroatoms. The highest BCUT2D eigenvalue weighted by atomic mass is 35.5. The van der Waals surface area contributed by atoms with Crippen molar-refractivity contribution in [2.24, 2.45) is 0 Å². The van der Waals surface area contributed by atoms with Crippen molar-refractivity contribution in [3.63, 3.8) is 0 Å². The summed E-state index contributed by atoms with van der Waals surface area (Å²) in [6.45, 7) is 6.16. The number of imidazole rings is 1. The Morgan fingerprint density at radius 1 is 1.42 bits per heavy atom. The highest BCUT2D eigenvalue weighted by Crippen LogP contribution is 2.38. The van der Waals surface area contributed by atoms with Crippen LogP contribution in [-0.2, 0) is 36.1 Å². The lowest BCUT2D eigenvalue weighted by Crippen LogP contribution is -2.44. The molecule has 0 fully saturated rings. The number of amides is 1. The molecule has 2 heterocycles. The second kappa shape index (κ2) is 6.73. The number of benzene rings is 1. The zero-order valence-electron chi connectivity index (χ0n) is 15.5. The molecule has 0 radical (unpaired) electrons. The SMILES string of the molecule is CC1(C)CCc2cc(CN(C(=O)CCl)C3CCn4ccnc4C3)ccc21. The van der Waals surface area contributed by atoms with Crippen LogP contribution in [0.4, 0.5) is 0 Å². The Balaban J connectivity index is 1.56. The van der Waals surface area contributed by atoms with E-state index < -0.39 is 0 Å². The molecule has 138 valence electrons. The molecule has 1 aliphatic carbocycles. The molecule has 1 aliphatic heterocycles. The van der Waals surface area contributed by atoms with E-state index in [0.29, 0.717) is 6.54 Å². The van der Waals surface area contributed by atoms with E-state index >= 15 is 0 Å². The Labute approximate surface area is 160 Å². The topological polar surface area (TPSA) is 38.1 Å². The first kappa shape index (κ1) is 17.6. The summed E-state index contributed by atoms with van der Waals surface area (Å²) in [6.07, 6.45) is 7.93. The van der Waals surface area contributed by atoms with E-state index in [1.54, 1.807) is 0 Å². The Hall–Kier alpha value is -1.81. The number of alkyl halides is 1. The Morgan fingerprint density at radius 2 is 2.27 bits per heavy atom. The zero-order valence-corrected chi connectivity index (χ0v) is 16.3. The van der Waals surface area contributed by atoms with Gasteiger partial charge in [0.25, 0.3) is 0 Å². The number of aromatic nitrogens is 2. The van der Waals surface area contributed by atoms with Crippen LogP contribution in [-0.4, -0.2) is 32.3 Å². The molecule has 2 aromatic rings. The quantitative estimate of drug-likeness (QED) is 0.769. The second-order valence-corrected chi connectivity index (χ2v) is 8.48. The van der Waals surface area contributed by atoms with Gasteiger partial charge in [-0.3, -0.25) is 4.79 Å². The van der Waals surface area contributed by atoms with E-state index in [1.165, 1.54) is 23.1 Å². The lowest BCUT2D eigenvalue weighted by molar-refractivity contribution is -0.132. The van der Waals surface area contributed by atoms with Crippen LogP contribution < -0.4 is 0 Å². The molecular weight excluding hydrogens is 346 g/mol. The van der Waals surface area contributed by atoms with E-state index in [9.17, 15) is 4.79 Å². The molecular formula is C21H26ClN3O. The third-order valence-corrected chi connectivity index (χ3v) is 6.30. The maximum Gasteiger partial charge on any atom is 0.238 e. The van der Waals surface area contributed by atoms with E-state index in [0.717, 1.165) is 31.6 Å². The number of rotatable bonds is 4. The lowest BCUT2D eigenvalue weighted by atomic mass is 9.86. The Bertz CT molecular complexity index is 826. The average molecular weight is 372 g/mol. The molecule has 0 saturated carbocycles. The minimum atomic E-state index is 0.0116. The number of halogens is 1. The summed E-state index contributed by atoms with van der Waals surface area (Å²) in [4.78, 5) is 19.0. The summed E-state index contributed by atoms with van der Waals surface area (Å²) in [6, 6.07) is 6.90. The summed E-state index contributed by atoms with van der Waals surface area (Å²) in [7, 11) is 0. The standard InChI is InChI=1S/C21H26ClN3O/c1-21(2)7-5-16-11-15(3-4-18(16)21)14-25(20(26)13-22)17-6-9-24-10-8-23-19(24)12-17/h3-4,8,10-11,17H,5-7,9,12-14H2,1-2H3. The first-order chi connectivity index (χ1) is 12.5. The zero-order chi connectivity index (χ0) is 18.3. The van der Waals surface area contributed by atoms with Crippen LogP contribution in [0.3, 0.4) is 0 Å². The molecule has 4 nitrogen and oxygen atoms in total. The summed E-state index contributed by atoms with van der Waals surface area (Å²) < 4.78 is 2.18. The van der Waals surface area contributed by atoms with Crippen LogP contribution in [0.15, 0.2) is 30.6 Å². The van der Waals surface area contributed by atoms with Crippen molar-refractivity contribution in [3.05, 3.63) is 53.1 Å². The van der Waals surface area contributed by atoms with Gasteiger partial charge in [-0.1, -0.05) is 32.0 Å². The molecule has 1 amide bonds. The molecule has 1 aromatic heterocycles. The van der Waals surface area contributed by atoms with Gasteiger partial charge in [-0.05, 0) is 41.4 Å². The first-order valence-electron chi connectivity index (χ1n) is 9.45. The minimum absolute atomic E-state index is 0.0116. The van der Waals surface area contributed by atoms with Crippen LogP contribution in [0.1, 0.15) is 49.2 Å². The number of carbonyl (C=O) groups is 1. The van der Waals surface area contributed by atoms with E-state index in [2.05, 4.69) is 41.6 Å². The van der Waals surface area contributed by atoms with E-state index in [1.807, 2.05) is 17.3 Å². The highest BCUT2D eigenvalue weighted by molar-refractivity contribution is 6.27. The van der Waals surface area contributed by atoms with Crippen molar-refractivity contribution in [2.75, 3.05) is 5.88 Å². The smallest absolute Gasteiger partial charge is 0.238 e. The lowest BCUT2D eigenvalue weighted by Gasteiger charge is -2.34. The van der Waals surface area contributed by atoms with Gasteiger partial charge in [-0.2, -0.15) is 0 Å². The second-order valence-electron chi connectivity index (χ2n) is 8.21. The van der Waals surface area contributed by atoms with Crippen molar-refractivity contribution in [1.29, 1.82) is 0 Å². The predicted octanol–water partition coefficient (Wildman–Crippen LogP) is 3.69. The average Bonchev–Trinajstić information content (AvgIpc) is 3.22.